The molecule has 2 atom stereocenters. The lowest BCUT2D eigenvalue weighted by Crippen LogP contribution is -2.38. The van der Waals surface area contributed by atoms with Crippen LogP contribution in [0.3, 0.4) is 0 Å². The summed E-state index contributed by atoms with van der Waals surface area (Å²) < 4.78 is 31.4. The van der Waals surface area contributed by atoms with Gasteiger partial charge in [-0.15, -0.1) is 11.8 Å². The van der Waals surface area contributed by atoms with Crippen LogP contribution in [0.15, 0.2) is 23.1 Å². The van der Waals surface area contributed by atoms with Gasteiger partial charge < -0.3 is 10.1 Å². The Kier molecular flexibility index (Phi) is 5.60. The van der Waals surface area contributed by atoms with Gasteiger partial charge in [-0.2, -0.15) is 0 Å². The van der Waals surface area contributed by atoms with Crippen LogP contribution in [0, 0.1) is 11.6 Å². The van der Waals surface area contributed by atoms with Crippen molar-refractivity contribution in [1.82, 2.24) is 5.32 Å². The van der Waals surface area contributed by atoms with Crippen molar-refractivity contribution in [2.75, 3.05) is 18.9 Å². The average Bonchev–Trinajstić information content (AvgIpc) is 2.92. The Bertz CT molecular complexity index is 410. The summed E-state index contributed by atoms with van der Waals surface area (Å²) >= 11 is 1.52. The van der Waals surface area contributed by atoms with Crippen molar-refractivity contribution in [3.05, 3.63) is 29.8 Å². The van der Waals surface area contributed by atoms with Crippen LogP contribution in [-0.2, 0) is 4.74 Å². The first-order chi connectivity index (χ1) is 9.16. The number of benzene rings is 1. The third-order valence-corrected chi connectivity index (χ3v) is 4.25. The molecule has 0 aromatic heterocycles. The van der Waals surface area contributed by atoms with Gasteiger partial charge in [-0.3, -0.25) is 0 Å². The van der Waals surface area contributed by atoms with Crippen molar-refractivity contribution >= 4 is 11.8 Å². The van der Waals surface area contributed by atoms with E-state index >= 15 is 0 Å². The van der Waals surface area contributed by atoms with Gasteiger partial charge in [-0.05, 0) is 38.0 Å². The summed E-state index contributed by atoms with van der Waals surface area (Å²) in [6.07, 6.45) is 2.57. The molecule has 1 aliphatic rings. The highest BCUT2D eigenvalue weighted by Gasteiger charge is 2.21. The molecule has 2 unspecified atom stereocenters. The highest BCUT2D eigenvalue weighted by atomic mass is 32.2. The zero-order chi connectivity index (χ0) is 13.7. The molecule has 1 aromatic carbocycles. The van der Waals surface area contributed by atoms with E-state index in [4.69, 9.17) is 4.74 Å². The monoisotopic (exact) mass is 287 g/mol. The molecule has 2 nitrogen and oxygen atoms in total. The Hall–Kier alpha value is -0.650. The average molecular weight is 287 g/mol. The maximum Gasteiger partial charge on any atom is 0.159 e. The lowest BCUT2D eigenvalue weighted by Gasteiger charge is -2.19. The Balaban J connectivity index is 1.67. The number of thioether (sulfide) groups is 1. The van der Waals surface area contributed by atoms with Crippen LogP contribution in [0.2, 0.25) is 0 Å². The molecule has 1 aromatic rings. The van der Waals surface area contributed by atoms with E-state index < -0.39 is 11.6 Å². The van der Waals surface area contributed by atoms with E-state index in [1.54, 1.807) is 6.07 Å². The number of rotatable bonds is 6. The topological polar surface area (TPSA) is 21.3 Å². The normalized spacial score (nSPS) is 20.7. The third kappa shape index (κ3) is 4.44. The molecular weight excluding hydrogens is 268 g/mol. The van der Waals surface area contributed by atoms with Gasteiger partial charge in [0.25, 0.3) is 0 Å². The highest BCUT2D eigenvalue weighted by Crippen LogP contribution is 2.20. The minimum Gasteiger partial charge on any atom is -0.377 e. The fourth-order valence-electron chi connectivity index (χ4n) is 2.15. The Morgan fingerprint density at radius 2 is 2.26 bits per heavy atom. The number of halogens is 2. The largest absolute Gasteiger partial charge is 0.377 e. The number of nitrogens with one attached hydrogen (secondary N) is 1. The summed E-state index contributed by atoms with van der Waals surface area (Å²) in [6, 6.07) is 4.35. The minimum absolute atomic E-state index is 0.313. The molecule has 0 spiro atoms. The van der Waals surface area contributed by atoms with Crippen molar-refractivity contribution in [3.8, 4) is 0 Å². The van der Waals surface area contributed by atoms with E-state index in [1.807, 2.05) is 0 Å². The third-order valence-electron chi connectivity index (χ3n) is 3.25. The van der Waals surface area contributed by atoms with Crippen LogP contribution in [-0.4, -0.2) is 31.1 Å². The standard InChI is InChI=1S/C14H19F2NOS/c1-10(14-3-2-7-18-14)17-6-8-19-11-4-5-12(15)13(16)9-11/h4-5,9-10,14,17H,2-3,6-8H2,1H3. The summed E-state index contributed by atoms with van der Waals surface area (Å²) in [5, 5.41) is 3.41. The molecule has 5 heteroatoms. The van der Waals surface area contributed by atoms with E-state index in [0.29, 0.717) is 12.1 Å². The maximum absolute atomic E-state index is 13.0. The molecular formula is C14H19F2NOS. The minimum atomic E-state index is -0.797. The first-order valence-corrected chi connectivity index (χ1v) is 7.58. The number of hydrogen-bond donors (Lipinski definition) is 1. The van der Waals surface area contributed by atoms with Gasteiger partial charge >= 0.3 is 0 Å². The molecule has 0 saturated carbocycles. The fourth-order valence-corrected chi connectivity index (χ4v) is 2.96. The van der Waals surface area contributed by atoms with Gasteiger partial charge in [0.15, 0.2) is 11.6 Å². The van der Waals surface area contributed by atoms with Crippen LogP contribution in [0.1, 0.15) is 19.8 Å². The van der Waals surface area contributed by atoms with E-state index in [1.165, 1.54) is 23.9 Å². The first kappa shape index (κ1) is 14.8. The smallest absolute Gasteiger partial charge is 0.159 e. The number of hydrogen-bond acceptors (Lipinski definition) is 3. The first-order valence-electron chi connectivity index (χ1n) is 6.59. The molecule has 19 heavy (non-hydrogen) atoms. The van der Waals surface area contributed by atoms with Gasteiger partial charge in [-0.1, -0.05) is 0 Å². The molecule has 1 fully saturated rings. The van der Waals surface area contributed by atoms with Crippen molar-refractivity contribution in [2.24, 2.45) is 0 Å². The highest BCUT2D eigenvalue weighted by molar-refractivity contribution is 7.99. The molecule has 106 valence electrons. The van der Waals surface area contributed by atoms with E-state index in [9.17, 15) is 8.78 Å². The van der Waals surface area contributed by atoms with Crippen molar-refractivity contribution in [3.63, 3.8) is 0 Å². The summed E-state index contributed by atoms with van der Waals surface area (Å²) in [4.78, 5) is 0.755. The molecule has 1 saturated heterocycles. The molecule has 0 amide bonds. The second-order valence-corrected chi connectivity index (χ2v) is 5.89. The van der Waals surface area contributed by atoms with Crippen LogP contribution in [0.5, 0.6) is 0 Å². The van der Waals surface area contributed by atoms with Gasteiger partial charge in [0.05, 0.1) is 6.10 Å². The van der Waals surface area contributed by atoms with Gasteiger partial charge in [0, 0.05) is 29.8 Å². The van der Waals surface area contributed by atoms with E-state index in [0.717, 1.165) is 36.6 Å². The molecule has 0 aliphatic carbocycles. The lowest BCUT2D eigenvalue weighted by molar-refractivity contribution is 0.0844. The SMILES string of the molecule is CC(NCCSc1ccc(F)c(F)c1)C1CCCO1. The lowest BCUT2D eigenvalue weighted by atomic mass is 10.1. The zero-order valence-electron chi connectivity index (χ0n) is 11.0. The molecule has 1 heterocycles. The molecule has 0 bridgehead atoms. The summed E-state index contributed by atoms with van der Waals surface area (Å²) in [5.41, 5.74) is 0. The van der Waals surface area contributed by atoms with E-state index in [2.05, 4.69) is 12.2 Å². The quantitative estimate of drug-likeness (QED) is 0.641. The van der Waals surface area contributed by atoms with Crippen LogP contribution in [0.25, 0.3) is 0 Å². The zero-order valence-corrected chi connectivity index (χ0v) is 11.8. The predicted molar refractivity (Wildman–Crippen MR) is 73.5 cm³/mol. The maximum atomic E-state index is 13.0. The van der Waals surface area contributed by atoms with Crippen LogP contribution in [0.4, 0.5) is 8.78 Å². The van der Waals surface area contributed by atoms with Crippen LogP contribution < -0.4 is 5.32 Å². The molecule has 0 radical (unpaired) electrons. The Morgan fingerprint density at radius 1 is 1.42 bits per heavy atom. The van der Waals surface area contributed by atoms with E-state index in [-0.39, 0.29) is 0 Å². The molecule has 1 N–H and O–H groups in total. The second kappa shape index (κ2) is 7.22. The molecule has 1 aliphatic heterocycles. The van der Waals surface area contributed by atoms with Crippen molar-refractivity contribution < 1.29 is 13.5 Å². The Morgan fingerprint density at radius 3 is 2.95 bits per heavy atom. The van der Waals surface area contributed by atoms with Crippen LogP contribution >= 0.6 is 11.8 Å². The van der Waals surface area contributed by atoms with Crippen molar-refractivity contribution in [2.45, 2.75) is 36.8 Å². The number of ether oxygens (including phenoxy) is 1. The van der Waals surface area contributed by atoms with Gasteiger partial charge in [0.1, 0.15) is 0 Å². The predicted octanol–water partition coefficient (Wildman–Crippen LogP) is 3.21. The second-order valence-electron chi connectivity index (χ2n) is 4.72. The van der Waals surface area contributed by atoms with Crippen molar-refractivity contribution in [1.29, 1.82) is 0 Å². The molecule has 2 rings (SSSR count). The van der Waals surface area contributed by atoms with Gasteiger partial charge in [0.2, 0.25) is 0 Å². The summed E-state index contributed by atoms with van der Waals surface area (Å²) in [7, 11) is 0. The Labute approximate surface area is 116 Å². The summed E-state index contributed by atoms with van der Waals surface area (Å²) in [5.74, 6) is -0.762. The summed E-state index contributed by atoms with van der Waals surface area (Å²) in [6.45, 7) is 3.81. The fraction of sp³-hybridized carbons (Fsp3) is 0.571. The van der Waals surface area contributed by atoms with Gasteiger partial charge in [-0.25, -0.2) is 8.78 Å².